The fourth-order valence-electron chi connectivity index (χ4n) is 4.07. The zero-order valence-corrected chi connectivity index (χ0v) is 11.4. The highest BCUT2D eigenvalue weighted by Gasteiger charge is 2.63. The average molecular weight is 253 g/mol. The number of nitrogens with zero attached hydrogens (tertiary/aromatic N) is 1. The molecule has 5 atom stereocenters. The van der Waals surface area contributed by atoms with Crippen molar-refractivity contribution in [2.24, 2.45) is 17.8 Å². The van der Waals surface area contributed by atoms with Gasteiger partial charge >= 0.3 is 6.09 Å². The van der Waals surface area contributed by atoms with E-state index in [2.05, 4.69) is 0 Å². The Morgan fingerprint density at radius 1 is 1.39 bits per heavy atom. The number of carbonyl (C=O) groups is 1. The molecule has 0 aromatic carbocycles. The molecule has 1 aliphatic carbocycles. The minimum Gasteiger partial charge on any atom is -0.444 e. The fourth-order valence-corrected chi connectivity index (χ4v) is 4.07. The van der Waals surface area contributed by atoms with Gasteiger partial charge in [0.05, 0.1) is 0 Å². The topological polar surface area (TPSA) is 49.8 Å². The molecule has 3 aliphatic rings. The number of aliphatic hydroxyl groups excluding tert-OH is 1. The lowest BCUT2D eigenvalue weighted by Gasteiger charge is -2.35. The van der Waals surface area contributed by atoms with E-state index in [0.717, 1.165) is 19.3 Å². The van der Waals surface area contributed by atoms with Crippen LogP contribution in [0.4, 0.5) is 4.79 Å². The molecule has 1 N–H and O–H groups in total. The Labute approximate surface area is 108 Å². The van der Waals surface area contributed by atoms with Gasteiger partial charge in [-0.1, -0.05) is 0 Å². The lowest BCUT2D eigenvalue weighted by atomic mass is 10.0. The molecule has 4 nitrogen and oxygen atoms in total. The molecule has 1 amide bonds. The summed E-state index contributed by atoms with van der Waals surface area (Å²) >= 11 is 0. The van der Waals surface area contributed by atoms with Gasteiger partial charge in [-0.25, -0.2) is 4.79 Å². The first-order chi connectivity index (χ1) is 8.42. The molecule has 2 aliphatic heterocycles. The van der Waals surface area contributed by atoms with Crippen molar-refractivity contribution in [3.05, 3.63) is 0 Å². The number of aliphatic hydroxyl groups is 1. The van der Waals surface area contributed by atoms with Crippen molar-refractivity contribution in [1.82, 2.24) is 4.90 Å². The summed E-state index contributed by atoms with van der Waals surface area (Å²) in [7, 11) is 0. The summed E-state index contributed by atoms with van der Waals surface area (Å²) in [6.07, 6.45) is 3.10. The summed E-state index contributed by atoms with van der Waals surface area (Å²) in [5.41, 5.74) is -0.423. The average Bonchev–Trinajstić information content (AvgIpc) is 2.84. The number of rotatable bonds is 1. The van der Waals surface area contributed by atoms with Crippen molar-refractivity contribution >= 4 is 6.09 Å². The first-order valence-electron chi connectivity index (χ1n) is 7.04. The van der Waals surface area contributed by atoms with Crippen molar-refractivity contribution in [1.29, 1.82) is 0 Å². The van der Waals surface area contributed by atoms with E-state index in [1.165, 1.54) is 0 Å². The van der Waals surface area contributed by atoms with Gasteiger partial charge in [0.1, 0.15) is 5.60 Å². The van der Waals surface area contributed by atoms with Gasteiger partial charge < -0.3 is 14.7 Å². The monoisotopic (exact) mass is 253 g/mol. The van der Waals surface area contributed by atoms with Crippen LogP contribution in [0, 0.1) is 17.8 Å². The van der Waals surface area contributed by atoms with E-state index in [-0.39, 0.29) is 12.7 Å². The quantitative estimate of drug-likeness (QED) is 0.777. The molecule has 0 radical (unpaired) electrons. The Kier molecular flexibility index (Phi) is 2.63. The zero-order valence-electron chi connectivity index (χ0n) is 11.4. The third-order valence-corrected chi connectivity index (χ3v) is 4.75. The van der Waals surface area contributed by atoms with Crippen LogP contribution in [0.2, 0.25) is 0 Å². The van der Waals surface area contributed by atoms with Gasteiger partial charge in [0.15, 0.2) is 0 Å². The zero-order chi connectivity index (χ0) is 13.1. The SMILES string of the molecule is CC(C)(C)OC(=O)N1C2CCC1C1C(CO)C1C2. The number of fused-ring (bicyclic) bond motifs is 4. The van der Waals surface area contributed by atoms with Crippen molar-refractivity contribution in [3.63, 3.8) is 0 Å². The predicted molar refractivity (Wildman–Crippen MR) is 67.1 cm³/mol. The first-order valence-corrected chi connectivity index (χ1v) is 7.04. The molecule has 102 valence electrons. The van der Waals surface area contributed by atoms with Crippen LogP contribution in [0.1, 0.15) is 40.0 Å². The summed E-state index contributed by atoms with van der Waals surface area (Å²) in [6, 6.07) is 0.670. The predicted octanol–water partition coefficient (Wildman–Crippen LogP) is 2.01. The van der Waals surface area contributed by atoms with E-state index in [0.29, 0.717) is 29.8 Å². The molecule has 1 saturated carbocycles. The summed E-state index contributed by atoms with van der Waals surface area (Å²) in [5, 5.41) is 9.34. The molecule has 3 rings (SSSR count). The van der Waals surface area contributed by atoms with Gasteiger partial charge in [0, 0.05) is 18.7 Å². The van der Waals surface area contributed by atoms with Gasteiger partial charge in [-0.15, -0.1) is 0 Å². The van der Waals surface area contributed by atoms with E-state index >= 15 is 0 Å². The van der Waals surface area contributed by atoms with Crippen LogP contribution in [-0.4, -0.2) is 40.4 Å². The van der Waals surface area contributed by atoms with E-state index < -0.39 is 5.60 Å². The molecule has 0 spiro atoms. The molecular weight excluding hydrogens is 230 g/mol. The largest absolute Gasteiger partial charge is 0.444 e. The molecule has 2 bridgehead atoms. The number of amides is 1. The van der Waals surface area contributed by atoms with E-state index in [9.17, 15) is 9.90 Å². The minimum absolute atomic E-state index is 0.156. The van der Waals surface area contributed by atoms with Gasteiger partial charge in [-0.05, 0) is 57.8 Å². The standard InChI is InChI=1S/C14H23NO3/c1-14(2,3)18-13(17)15-8-4-5-11(15)12-9(6-8)10(12)7-16/h8-12,16H,4-7H2,1-3H3. The first kappa shape index (κ1) is 12.3. The van der Waals surface area contributed by atoms with Gasteiger partial charge in [0.2, 0.25) is 0 Å². The summed E-state index contributed by atoms with van der Waals surface area (Å²) < 4.78 is 5.52. The number of piperidine rings is 1. The van der Waals surface area contributed by atoms with E-state index in [4.69, 9.17) is 4.74 Å². The lowest BCUT2D eigenvalue weighted by molar-refractivity contribution is 0.00608. The number of hydrogen-bond acceptors (Lipinski definition) is 3. The van der Waals surface area contributed by atoms with Crippen molar-refractivity contribution in [2.45, 2.75) is 57.7 Å². The molecule has 2 saturated heterocycles. The third kappa shape index (κ3) is 1.81. The van der Waals surface area contributed by atoms with Gasteiger partial charge in [0.25, 0.3) is 0 Å². The van der Waals surface area contributed by atoms with Crippen LogP contribution in [0.25, 0.3) is 0 Å². The van der Waals surface area contributed by atoms with Gasteiger partial charge in [-0.3, -0.25) is 0 Å². The second-order valence-electron chi connectivity index (χ2n) is 7.01. The van der Waals surface area contributed by atoms with E-state index in [1.807, 2.05) is 25.7 Å². The summed E-state index contributed by atoms with van der Waals surface area (Å²) in [5.74, 6) is 1.62. The fraction of sp³-hybridized carbons (Fsp3) is 0.929. The van der Waals surface area contributed by atoms with Crippen LogP contribution in [-0.2, 0) is 4.74 Å². The van der Waals surface area contributed by atoms with E-state index in [1.54, 1.807) is 0 Å². The molecule has 0 aromatic heterocycles. The Morgan fingerprint density at radius 2 is 2.11 bits per heavy atom. The molecule has 5 unspecified atom stereocenters. The maximum Gasteiger partial charge on any atom is 0.410 e. The molecule has 2 heterocycles. The maximum atomic E-state index is 12.3. The highest BCUT2D eigenvalue weighted by Crippen LogP contribution is 2.60. The molecule has 0 aromatic rings. The second-order valence-corrected chi connectivity index (χ2v) is 7.01. The van der Waals surface area contributed by atoms with Crippen LogP contribution < -0.4 is 0 Å². The van der Waals surface area contributed by atoms with Crippen LogP contribution in [0.15, 0.2) is 0 Å². The van der Waals surface area contributed by atoms with Crippen molar-refractivity contribution < 1.29 is 14.6 Å². The van der Waals surface area contributed by atoms with Crippen molar-refractivity contribution in [3.8, 4) is 0 Å². The van der Waals surface area contributed by atoms with Crippen molar-refractivity contribution in [2.75, 3.05) is 6.61 Å². The number of hydrogen-bond donors (Lipinski definition) is 1. The number of carbonyl (C=O) groups excluding carboxylic acids is 1. The summed E-state index contributed by atoms with van der Waals surface area (Å²) in [4.78, 5) is 14.2. The normalized spacial score (nSPS) is 41.6. The second kappa shape index (κ2) is 3.86. The lowest BCUT2D eigenvalue weighted by Crippen LogP contribution is -2.47. The number of ether oxygens (including phenoxy) is 1. The van der Waals surface area contributed by atoms with Gasteiger partial charge in [-0.2, -0.15) is 0 Å². The Bertz CT molecular complexity index is 363. The molecular formula is C14H23NO3. The highest BCUT2D eigenvalue weighted by molar-refractivity contribution is 5.70. The molecule has 3 fully saturated rings. The third-order valence-electron chi connectivity index (χ3n) is 4.75. The minimum atomic E-state index is -0.423. The highest BCUT2D eigenvalue weighted by atomic mass is 16.6. The van der Waals surface area contributed by atoms with Crippen LogP contribution in [0.3, 0.4) is 0 Å². The van der Waals surface area contributed by atoms with Crippen LogP contribution in [0.5, 0.6) is 0 Å². The summed E-state index contributed by atoms with van der Waals surface area (Å²) in [6.45, 7) is 6.01. The maximum absolute atomic E-state index is 12.3. The van der Waals surface area contributed by atoms with Crippen LogP contribution >= 0.6 is 0 Å². The smallest absolute Gasteiger partial charge is 0.410 e. The molecule has 4 heteroatoms. The Hall–Kier alpha value is -0.770. The Morgan fingerprint density at radius 3 is 2.72 bits per heavy atom. The Balaban J connectivity index is 1.73. The molecule has 18 heavy (non-hydrogen) atoms.